The van der Waals surface area contributed by atoms with Gasteiger partial charge in [0.2, 0.25) is 15.9 Å². The van der Waals surface area contributed by atoms with Crippen molar-refractivity contribution in [1.29, 1.82) is 0 Å². The van der Waals surface area contributed by atoms with Crippen LogP contribution in [-0.2, 0) is 20.6 Å². The van der Waals surface area contributed by atoms with Crippen molar-refractivity contribution in [3.05, 3.63) is 65.7 Å². The molecule has 1 fully saturated rings. The first-order valence-corrected chi connectivity index (χ1v) is 11.0. The van der Waals surface area contributed by atoms with Crippen molar-refractivity contribution in [2.45, 2.75) is 19.1 Å². The van der Waals surface area contributed by atoms with E-state index in [0.717, 1.165) is 16.9 Å². The Morgan fingerprint density at radius 2 is 1.61 bits per heavy atom. The van der Waals surface area contributed by atoms with Gasteiger partial charge in [0.25, 0.3) is 0 Å². The van der Waals surface area contributed by atoms with E-state index in [1.54, 1.807) is 4.90 Å². The fraction of sp³-hybridized carbons (Fsp3) is 0.381. The van der Waals surface area contributed by atoms with E-state index in [-0.39, 0.29) is 18.1 Å². The number of carbonyl (C=O) groups is 1. The van der Waals surface area contributed by atoms with Gasteiger partial charge in [0.1, 0.15) is 5.75 Å². The minimum Gasteiger partial charge on any atom is -0.493 e. The van der Waals surface area contributed by atoms with Crippen LogP contribution < -0.4 is 4.74 Å². The predicted octanol–water partition coefficient (Wildman–Crippen LogP) is 2.44. The van der Waals surface area contributed by atoms with Crippen molar-refractivity contribution in [2.24, 2.45) is 0 Å². The molecule has 0 saturated carbocycles. The van der Waals surface area contributed by atoms with Crippen molar-refractivity contribution >= 4 is 15.9 Å². The monoisotopic (exact) mass is 402 g/mol. The summed E-state index contributed by atoms with van der Waals surface area (Å²) in [6.07, 6.45) is 0.282. The lowest BCUT2D eigenvalue weighted by Gasteiger charge is -2.34. The van der Waals surface area contributed by atoms with Crippen LogP contribution in [0.1, 0.15) is 17.5 Å². The first-order chi connectivity index (χ1) is 13.4. The molecule has 0 aromatic heterocycles. The van der Waals surface area contributed by atoms with Gasteiger partial charge in [-0.15, -0.1) is 0 Å². The summed E-state index contributed by atoms with van der Waals surface area (Å²) in [4.78, 5) is 14.1. The molecule has 28 heavy (non-hydrogen) atoms. The topological polar surface area (TPSA) is 66.9 Å². The van der Waals surface area contributed by atoms with Gasteiger partial charge in [-0.2, -0.15) is 4.31 Å². The number of benzene rings is 2. The lowest BCUT2D eigenvalue weighted by molar-refractivity contribution is -0.132. The van der Waals surface area contributed by atoms with Gasteiger partial charge in [0.05, 0.1) is 18.8 Å². The van der Waals surface area contributed by atoms with Crippen molar-refractivity contribution < 1.29 is 17.9 Å². The zero-order valence-corrected chi connectivity index (χ0v) is 16.9. The molecular formula is C21H26N2O4S. The summed E-state index contributed by atoms with van der Waals surface area (Å²) < 4.78 is 32.3. The number of piperazine rings is 1. The number of sulfonamides is 1. The summed E-state index contributed by atoms with van der Waals surface area (Å²) in [5.74, 6) is 0.731. The molecule has 1 aliphatic rings. The van der Waals surface area contributed by atoms with Gasteiger partial charge < -0.3 is 9.64 Å². The fourth-order valence-electron chi connectivity index (χ4n) is 3.14. The molecule has 1 heterocycles. The first-order valence-electron chi connectivity index (χ1n) is 9.43. The third-order valence-electron chi connectivity index (χ3n) is 4.78. The van der Waals surface area contributed by atoms with Crippen LogP contribution in [0.4, 0.5) is 0 Å². The zero-order valence-electron chi connectivity index (χ0n) is 16.1. The highest BCUT2D eigenvalue weighted by molar-refractivity contribution is 7.88. The largest absolute Gasteiger partial charge is 0.493 e. The number of amides is 1. The number of hydrogen-bond donors (Lipinski definition) is 0. The van der Waals surface area contributed by atoms with Gasteiger partial charge in [-0.1, -0.05) is 48.0 Å². The quantitative estimate of drug-likeness (QED) is 0.713. The molecule has 0 radical (unpaired) electrons. The van der Waals surface area contributed by atoms with Crippen molar-refractivity contribution in [3.8, 4) is 5.75 Å². The Bertz CT molecular complexity index is 874. The zero-order chi connectivity index (χ0) is 20.0. The van der Waals surface area contributed by atoms with Gasteiger partial charge in [0.15, 0.2) is 0 Å². The van der Waals surface area contributed by atoms with Gasteiger partial charge >= 0.3 is 0 Å². The highest BCUT2D eigenvalue weighted by Gasteiger charge is 2.28. The molecule has 0 bridgehead atoms. The molecule has 1 saturated heterocycles. The van der Waals surface area contributed by atoms with Crippen LogP contribution in [-0.4, -0.2) is 56.3 Å². The minimum absolute atomic E-state index is 0.00720. The normalized spacial score (nSPS) is 15.4. The number of ether oxygens (including phenoxy) is 1. The smallest absolute Gasteiger partial charge is 0.226 e. The molecule has 150 valence electrons. The van der Waals surface area contributed by atoms with Crippen LogP contribution in [0, 0.1) is 6.92 Å². The number of aryl methyl sites for hydroxylation is 1. The fourth-order valence-corrected chi connectivity index (χ4v) is 4.66. The van der Waals surface area contributed by atoms with Crippen LogP contribution >= 0.6 is 0 Å². The van der Waals surface area contributed by atoms with E-state index in [1.165, 1.54) is 4.31 Å². The first kappa shape index (κ1) is 20.4. The maximum absolute atomic E-state index is 12.6. The van der Waals surface area contributed by atoms with Crippen LogP contribution in [0.3, 0.4) is 0 Å². The Balaban J connectivity index is 1.44. The number of carbonyl (C=O) groups excluding carboxylic acids is 1. The van der Waals surface area contributed by atoms with Crippen molar-refractivity contribution in [1.82, 2.24) is 9.21 Å². The van der Waals surface area contributed by atoms with Gasteiger partial charge in [0, 0.05) is 26.2 Å². The Hall–Kier alpha value is -2.38. The molecule has 0 spiro atoms. The Morgan fingerprint density at radius 3 is 2.25 bits per heavy atom. The molecule has 6 nitrogen and oxygen atoms in total. The average molecular weight is 403 g/mol. The van der Waals surface area contributed by atoms with E-state index in [0.29, 0.717) is 32.8 Å². The lowest BCUT2D eigenvalue weighted by atomic mass is 10.2. The van der Waals surface area contributed by atoms with Gasteiger partial charge in [-0.3, -0.25) is 4.79 Å². The highest BCUT2D eigenvalue weighted by Crippen LogP contribution is 2.15. The van der Waals surface area contributed by atoms with Crippen LogP contribution in [0.15, 0.2) is 54.6 Å². The summed E-state index contributed by atoms with van der Waals surface area (Å²) in [6.45, 7) is 3.82. The second kappa shape index (κ2) is 9.21. The summed E-state index contributed by atoms with van der Waals surface area (Å²) in [5.41, 5.74) is 1.93. The Labute approximate surface area is 166 Å². The van der Waals surface area contributed by atoms with Crippen molar-refractivity contribution in [3.63, 3.8) is 0 Å². The highest BCUT2D eigenvalue weighted by atomic mass is 32.2. The van der Waals surface area contributed by atoms with Crippen LogP contribution in [0.25, 0.3) is 0 Å². The van der Waals surface area contributed by atoms with E-state index in [4.69, 9.17) is 4.74 Å². The second-order valence-electron chi connectivity index (χ2n) is 6.93. The summed E-state index contributed by atoms with van der Waals surface area (Å²) >= 11 is 0. The van der Waals surface area contributed by atoms with Gasteiger partial charge in [-0.25, -0.2) is 8.42 Å². The number of rotatable bonds is 7. The van der Waals surface area contributed by atoms with Gasteiger partial charge in [-0.05, 0) is 24.6 Å². The summed E-state index contributed by atoms with van der Waals surface area (Å²) in [5, 5.41) is 0. The second-order valence-corrected chi connectivity index (χ2v) is 8.90. The summed E-state index contributed by atoms with van der Waals surface area (Å²) in [7, 11) is -3.37. The van der Waals surface area contributed by atoms with E-state index in [1.807, 2.05) is 61.5 Å². The maximum Gasteiger partial charge on any atom is 0.226 e. The minimum atomic E-state index is -3.37. The molecular weight excluding hydrogens is 376 g/mol. The molecule has 0 atom stereocenters. The van der Waals surface area contributed by atoms with E-state index in [9.17, 15) is 13.2 Å². The third kappa shape index (κ3) is 5.56. The maximum atomic E-state index is 12.6. The van der Waals surface area contributed by atoms with Crippen LogP contribution in [0.2, 0.25) is 0 Å². The SMILES string of the molecule is Cc1ccc(OCCC(=O)N2CCN(S(=O)(=O)Cc3ccccc3)CC2)cc1. The Kier molecular flexibility index (Phi) is 6.70. The molecule has 1 aliphatic heterocycles. The third-order valence-corrected chi connectivity index (χ3v) is 6.63. The number of hydrogen-bond acceptors (Lipinski definition) is 4. The molecule has 7 heteroatoms. The van der Waals surface area contributed by atoms with E-state index < -0.39 is 10.0 Å². The van der Waals surface area contributed by atoms with E-state index in [2.05, 4.69) is 0 Å². The molecule has 2 aromatic carbocycles. The van der Waals surface area contributed by atoms with Crippen LogP contribution in [0.5, 0.6) is 5.75 Å². The van der Waals surface area contributed by atoms with Crippen molar-refractivity contribution in [2.75, 3.05) is 32.8 Å². The lowest BCUT2D eigenvalue weighted by Crippen LogP contribution is -2.50. The molecule has 0 N–H and O–H groups in total. The molecule has 3 rings (SSSR count). The Morgan fingerprint density at radius 1 is 0.964 bits per heavy atom. The number of nitrogens with zero attached hydrogens (tertiary/aromatic N) is 2. The molecule has 2 aromatic rings. The van der Waals surface area contributed by atoms with E-state index >= 15 is 0 Å². The predicted molar refractivity (Wildman–Crippen MR) is 109 cm³/mol. The molecule has 0 aliphatic carbocycles. The average Bonchev–Trinajstić information content (AvgIpc) is 2.70. The standard InChI is InChI=1S/C21H26N2O4S/c1-18-7-9-20(10-8-18)27-16-11-21(24)22-12-14-23(15-13-22)28(25,26)17-19-5-3-2-4-6-19/h2-10H,11-17H2,1H3. The summed E-state index contributed by atoms with van der Waals surface area (Å²) in [6, 6.07) is 16.9. The molecule has 1 amide bonds. The molecule has 0 unspecified atom stereocenters.